The maximum Gasteiger partial charge on any atom is 0.251 e. The molecule has 1 amide bonds. The predicted octanol–water partition coefficient (Wildman–Crippen LogP) is 1.51. The Balaban J connectivity index is 2.65. The highest BCUT2D eigenvalue weighted by atomic mass is 32.2. The second kappa shape index (κ2) is 7.90. The topological polar surface area (TPSA) is 95.5 Å². The molecule has 0 fully saturated rings. The molecule has 6 nitrogen and oxygen atoms in total. The Hall–Kier alpha value is -1.44. The van der Waals surface area contributed by atoms with E-state index in [1.54, 1.807) is 6.92 Å². The van der Waals surface area contributed by atoms with E-state index < -0.39 is 16.1 Å². The second-order valence-electron chi connectivity index (χ2n) is 6.65. The van der Waals surface area contributed by atoms with Crippen LogP contribution in [0.3, 0.4) is 0 Å². The monoisotopic (exact) mass is 342 g/mol. The maximum atomic E-state index is 12.0. The molecule has 0 spiro atoms. The Morgan fingerprint density at radius 1 is 1.22 bits per heavy atom. The first-order chi connectivity index (χ1) is 10.5. The van der Waals surface area contributed by atoms with Gasteiger partial charge in [0.15, 0.2) is 0 Å². The molecule has 0 aliphatic heterocycles. The van der Waals surface area contributed by atoms with Crippen LogP contribution < -0.4 is 10.0 Å². The van der Waals surface area contributed by atoms with E-state index >= 15 is 0 Å². The third-order valence-electron chi connectivity index (χ3n) is 3.11. The summed E-state index contributed by atoms with van der Waals surface area (Å²) in [7, 11) is -3.52. The average molecular weight is 342 g/mol. The van der Waals surface area contributed by atoms with Crippen LogP contribution in [0.15, 0.2) is 29.2 Å². The van der Waals surface area contributed by atoms with Crippen molar-refractivity contribution in [2.24, 2.45) is 5.41 Å². The quantitative estimate of drug-likeness (QED) is 0.700. The molecule has 0 bridgehead atoms. The number of aliphatic hydroxyl groups is 1. The van der Waals surface area contributed by atoms with Crippen molar-refractivity contribution in [3.8, 4) is 0 Å². The zero-order chi connectivity index (χ0) is 17.7. The molecule has 1 aromatic rings. The van der Waals surface area contributed by atoms with Crippen molar-refractivity contribution in [1.82, 2.24) is 10.0 Å². The first-order valence-electron chi connectivity index (χ1n) is 7.61. The van der Waals surface area contributed by atoms with Crippen molar-refractivity contribution in [1.29, 1.82) is 0 Å². The first kappa shape index (κ1) is 19.6. The molecule has 0 aromatic heterocycles. The van der Waals surface area contributed by atoms with E-state index in [2.05, 4.69) is 10.0 Å². The third-order valence-corrected chi connectivity index (χ3v) is 4.67. The van der Waals surface area contributed by atoms with Crippen LogP contribution in [0.4, 0.5) is 0 Å². The molecule has 0 heterocycles. The third kappa shape index (κ3) is 6.68. The van der Waals surface area contributed by atoms with Crippen molar-refractivity contribution in [2.45, 2.75) is 45.1 Å². The maximum absolute atomic E-state index is 12.0. The lowest BCUT2D eigenvalue weighted by molar-refractivity contribution is 0.0868. The van der Waals surface area contributed by atoms with E-state index in [4.69, 9.17) is 0 Å². The van der Waals surface area contributed by atoms with Gasteiger partial charge in [0, 0.05) is 18.7 Å². The van der Waals surface area contributed by atoms with Crippen molar-refractivity contribution < 1.29 is 18.3 Å². The van der Waals surface area contributed by atoms with Gasteiger partial charge in [-0.2, -0.15) is 0 Å². The van der Waals surface area contributed by atoms with Gasteiger partial charge in [-0.05, 0) is 36.1 Å². The van der Waals surface area contributed by atoms with Crippen LogP contribution in [0.1, 0.15) is 44.5 Å². The number of nitrogens with one attached hydrogen (secondary N) is 2. The zero-order valence-corrected chi connectivity index (χ0v) is 14.9. The fourth-order valence-electron chi connectivity index (χ4n) is 2.15. The number of carbonyl (C=O) groups is 1. The van der Waals surface area contributed by atoms with Gasteiger partial charge in [-0.3, -0.25) is 4.79 Å². The molecular formula is C16H26N2O4S. The molecule has 0 unspecified atom stereocenters. The minimum absolute atomic E-state index is 0.0214. The number of hydrogen-bond acceptors (Lipinski definition) is 4. The fourth-order valence-corrected chi connectivity index (χ4v) is 3.19. The highest BCUT2D eigenvalue weighted by Crippen LogP contribution is 2.20. The summed E-state index contributed by atoms with van der Waals surface area (Å²) >= 11 is 0. The summed E-state index contributed by atoms with van der Waals surface area (Å²) in [6, 6.07) is 5.68. The lowest BCUT2D eigenvalue weighted by Gasteiger charge is -2.22. The number of benzene rings is 1. The van der Waals surface area contributed by atoms with Crippen molar-refractivity contribution >= 4 is 15.9 Å². The molecule has 1 rings (SSSR count). The van der Waals surface area contributed by atoms with Gasteiger partial charge in [-0.1, -0.05) is 27.7 Å². The van der Waals surface area contributed by atoms with E-state index in [0.717, 1.165) is 0 Å². The van der Waals surface area contributed by atoms with Gasteiger partial charge in [0.05, 0.1) is 11.0 Å². The lowest BCUT2D eigenvalue weighted by Crippen LogP contribution is -2.34. The van der Waals surface area contributed by atoms with Crippen LogP contribution in [0.2, 0.25) is 0 Å². The van der Waals surface area contributed by atoms with Crippen molar-refractivity contribution in [3.05, 3.63) is 29.8 Å². The summed E-state index contributed by atoms with van der Waals surface area (Å²) in [4.78, 5) is 12.1. The normalized spacial score (nSPS) is 13.6. The van der Waals surface area contributed by atoms with Gasteiger partial charge < -0.3 is 10.4 Å². The largest absolute Gasteiger partial charge is 0.391 e. The standard InChI is InChI=1S/C16H26N2O4S/c1-5-18-23(21,22)14-8-6-12(7-9-14)15(20)17-11-13(19)10-16(2,3)4/h6-9,13,18-19H,5,10-11H2,1-4H3,(H,17,20)/t13-/m0/s1. The van der Waals surface area contributed by atoms with Crippen LogP contribution in [-0.2, 0) is 10.0 Å². The molecule has 1 atom stereocenters. The molecule has 0 aliphatic rings. The Morgan fingerprint density at radius 3 is 2.26 bits per heavy atom. The Kier molecular flexibility index (Phi) is 6.73. The van der Waals surface area contributed by atoms with Crippen LogP contribution in [0, 0.1) is 5.41 Å². The van der Waals surface area contributed by atoms with E-state index in [9.17, 15) is 18.3 Å². The Bertz CT molecular complexity index is 618. The second-order valence-corrected chi connectivity index (χ2v) is 8.42. The highest BCUT2D eigenvalue weighted by molar-refractivity contribution is 7.89. The molecule has 130 valence electrons. The fraction of sp³-hybridized carbons (Fsp3) is 0.562. The molecule has 0 aliphatic carbocycles. The van der Waals surface area contributed by atoms with E-state index in [-0.39, 0.29) is 22.8 Å². The lowest BCUT2D eigenvalue weighted by atomic mass is 9.89. The summed E-state index contributed by atoms with van der Waals surface area (Å²) in [6.07, 6.45) is -0.0417. The van der Waals surface area contributed by atoms with Crippen LogP contribution in [-0.4, -0.2) is 38.6 Å². The first-order valence-corrected chi connectivity index (χ1v) is 9.09. The highest BCUT2D eigenvalue weighted by Gasteiger charge is 2.18. The van der Waals surface area contributed by atoms with Crippen LogP contribution in [0.5, 0.6) is 0 Å². The van der Waals surface area contributed by atoms with Crippen molar-refractivity contribution in [3.63, 3.8) is 0 Å². The predicted molar refractivity (Wildman–Crippen MR) is 89.7 cm³/mol. The number of sulfonamides is 1. The van der Waals surface area contributed by atoms with Gasteiger partial charge in [0.2, 0.25) is 10.0 Å². The average Bonchev–Trinajstić information content (AvgIpc) is 2.43. The molecule has 0 radical (unpaired) electrons. The molecule has 1 aromatic carbocycles. The molecular weight excluding hydrogens is 316 g/mol. The summed E-state index contributed by atoms with van der Waals surface area (Å²) < 4.78 is 26.0. The number of amides is 1. The number of hydrogen-bond donors (Lipinski definition) is 3. The van der Waals surface area contributed by atoms with Crippen LogP contribution >= 0.6 is 0 Å². The molecule has 23 heavy (non-hydrogen) atoms. The van der Waals surface area contributed by atoms with Gasteiger partial charge in [0.1, 0.15) is 0 Å². The smallest absolute Gasteiger partial charge is 0.251 e. The number of aliphatic hydroxyl groups excluding tert-OH is 1. The van der Waals surface area contributed by atoms with Gasteiger partial charge >= 0.3 is 0 Å². The molecule has 0 saturated heterocycles. The zero-order valence-electron chi connectivity index (χ0n) is 14.1. The van der Waals surface area contributed by atoms with Crippen molar-refractivity contribution in [2.75, 3.05) is 13.1 Å². The number of carbonyl (C=O) groups excluding carboxylic acids is 1. The molecule has 3 N–H and O–H groups in total. The molecule has 0 saturated carbocycles. The minimum atomic E-state index is -3.52. The van der Waals surface area contributed by atoms with E-state index in [1.807, 2.05) is 20.8 Å². The summed E-state index contributed by atoms with van der Waals surface area (Å²) in [5.74, 6) is -0.342. The van der Waals surface area contributed by atoms with Gasteiger partial charge in [-0.25, -0.2) is 13.1 Å². The minimum Gasteiger partial charge on any atom is -0.391 e. The molecule has 7 heteroatoms. The Morgan fingerprint density at radius 2 is 1.78 bits per heavy atom. The summed E-state index contributed by atoms with van der Waals surface area (Å²) in [5.41, 5.74) is 0.329. The SMILES string of the molecule is CCNS(=O)(=O)c1ccc(C(=O)NC[C@@H](O)CC(C)(C)C)cc1. The van der Waals surface area contributed by atoms with Gasteiger partial charge in [-0.15, -0.1) is 0 Å². The number of rotatable bonds is 7. The van der Waals surface area contributed by atoms with E-state index in [1.165, 1.54) is 24.3 Å². The van der Waals surface area contributed by atoms with Crippen LogP contribution in [0.25, 0.3) is 0 Å². The van der Waals surface area contributed by atoms with Gasteiger partial charge in [0.25, 0.3) is 5.91 Å². The summed E-state index contributed by atoms with van der Waals surface area (Å²) in [6.45, 7) is 8.21. The van der Waals surface area contributed by atoms with E-state index in [0.29, 0.717) is 18.5 Å². The Labute approximate surface area is 138 Å². The summed E-state index contributed by atoms with van der Waals surface area (Å²) in [5, 5.41) is 12.5.